The topological polar surface area (TPSA) is 34.1 Å². The molecule has 0 radical (unpaired) electrons. The minimum Gasteiger partial charge on any atom is -0.495 e. The molecule has 2 heterocycles. The molecule has 1 aliphatic rings. The first-order chi connectivity index (χ1) is 7.80. The minimum atomic E-state index is 0.135. The number of aromatic nitrogens is 1. The van der Waals surface area contributed by atoms with Crippen LogP contribution in [-0.2, 0) is 5.54 Å². The summed E-state index contributed by atoms with van der Waals surface area (Å²) < 4.78 is 5.25. The molecule has 0 aliphatic carbocycles. The molecular formula is C13H20N2O. The van der Waals surface area contributed by atoms with Crippen molar-refractivity contribution in [3.05, 3.63) is 24.0 Å². The predicted molar refractivity (Wildman–Crippen MR) is 64.6 cm³/mol. The fraction of sp³-hybridized carbons (Fsp3) is 0.615. The van der Waals surface area contributed by atoms with Crippen LogP contribution in [-0.4, -0.2) is 18.6 Å². The molecule has 1 fully saturated rings. The van der Waals surface area contributed by atoms with Crippen LogP contribution in [0.3, 0.4) is 0 Å². The third-order valence-corrected chi connectivity index (χ3v) is 3.42. The lowest BCUT2D eigenvalue weighted by Crippen LogP contribution is -2.36. The molecule has 2 rings (SSSR count). The van der Waals surface area contributed by atoms with Crippen molar-refractivity contribution in [3.8, 4) is 5.75 Å². The molecule has 0 amide bonds. The predicted octanol–water partition coefficient (Wildman–Crippen LogP) is 2.47. The van der Waals surface area contributed by atoms with Crippen molar-refractivity contribution in [1.29, 1.82) is 0 Å². The molecule has 1 aliphatic heterocycles. The Kier molecular flexibility index (Phi) is 3.44. The summed E-state index contributed by atoms with van der Waals surface area (Å²) in [7, 11) is 1.69. The van der Waals surface area contributed by atoms with Crippen LogP contribution in [0.5, 0.6) is 5.75 Å². The molecule has 3 nitrogen and oxygen atoms in total. The van der Waals surface area contributed by atoms with Crippen molar-refractivity contribution in [2.45, 2.75) is 38.1 Å². The first-order valence-electron chi connectivity index (χ1n) is 6.05. The van der Waals surface area contributed by atoms with E-state index in [0.29, 0.717) is 0 Å². The van der Waals surface area contributed by atoms with Crippen LogP contribution in [0.1, 0.15) is 38.2 Å². The number of ether oxygens (including phenoxy) is 1. The number of nitrogens with one attached hydrogen (secondary N) is 1. The Morgan fingerprint density at radius 2 is 2.38 bits per heavy atom. The van der Waals surface area contributed by atoms with E-state index in [1.807, 2.05) is 6.20 Å². The van der Waals surface area contributed by atoms with Crippen LogP contribution >= 0.6 is 0 Å². The van der Waals surface area contributed by atoms with Crippen LogP contribution < -0.4 is 10.1 Å². The van der Waals surface area contributed by atoms with E-state index < -0.39 is 0 Å². The van der Waals surface area contributed by atoms with Crippen molar-refractivity contribution in [2.75, 3.05) is 13.7 Å². The van der Waals surface area contributed by atoms with Crippen LogP contribution in [0, 0.1) is 0 Å². The van der Waals surface area contributed by atoms with Crippen LogP contribution in [0.25, 0.3) is 0 Å². The lowest BCUT2D eigenvalue weighted by Gasteiger charge is -2.29. The van der Waals surface area contributed by atoms with Crippen molar-refractivity contribution < 1.29 is 4.74 Å². The molecular weight excluding hydrogens is 200 g/mol. The quantitative estimate of drug-likeness (QED) is 0.846. The third kappa shape index (κ3) is 2.05. The Morgan fingerprint density at radius 1 is 1.50 bits per heavy atom. The van der Waals surface area contributed by atoms with Crippen LogP contribution in [0.4, 0.5) is 0 Å². The Labute approximate surface area is 97.2 Å². The van der Waals surface area contributed by atoms with E-state index in [1.165, 1.54) is 31.2 Å². The highest BCUT2D eigenvalue weighted by Gasteiger charge is 2.34. The van der Waals surface area contributed by atoms with Gasteiger partial charge in [0.25, 0.3) is 0 Å². The molecule has 3 heteroatoms. The van der Waals surface area contributed by atoms with Gasteiger partial charge in [-0.05, 0) is 37.4 Å². The normalized spacial score (nSPS) is 24.6. The summed E-state index contributed by atoms with van der Waals surface area (Å²) in [5.74, 6) is 0.849. The summed E-state index contributed by atoms with van der Waals surface area (Å²) in [5, 5.41) is 3.64. The molecule has 1 unspecified atom stereocenters. The van der Waals surface area contributed by atoms with Crippen molar-refractivity contribution in [2.24, 2.45) is 0 Å². The van der Waals surface area contributed by atoms with Gasteiger partial charge in [0.05, 0.1) is 13.3 Å². The molecule has 1 aromatic heterocycles. The average molecular weight is 220 g/mol. The van der Waals surface area contributed by atoms with Gasteiger partial charge in [-0.2, -0.15) is 0 Å². The number of methoxy groups -OCH3 is 1. The van der Waals surface area contributed by atoms with Gasteiger partial charge >= 0.3 is 0 Å². The largest absolute Gasteiger partial charge is 0.495 e. The Hall–Kier alpha value is -1.09. The SMILES string of the molecule is CCCC1(c2cncc(OC)c2)CCCN1. The highest BCUT2D eigenvalue weighted by molar-refractivity contribution is 5.30. The molecule has 1 saturated heterocycles. The molecule has 0 spiro atoms. The molecule has 1 atom stereocenters. The van der Waals surface area contributed by atoms with Gasteiger partial charge < -0.3 is 10.1 Å². The molecule has 1 N–H and O–H groups in total. The first-order valence-corrected chi connectivity index (χ1v) is 6.05. The van der Waals surface area contributed by atoms with E-state index in [4.69, 9.17) is 4.74 Å². The number of hydrogen-bond acceptors (Lipinski definition) is 3. The Balaban J connectivity index is 2.30. The monoisotopic (exact) mass is 220 g/mol. The van der Waals surface area contributed by atoms with E-state index in [-0.39, 0.29) is 5.54 Å². The molecule has 16 heavy (non-hydrogen) atoms. The fourth-order valence-corrected chi connectivity index (χ4v) is 2.63. The van der Waals surface area contributed by atoms with Crippen molar-refractivity contribution in [1.82, 2.24) is 10.3 Å². The Bertz CT molecular complexity index is 346. The third-order valence-electron chi connectivity index (χ3n) is 3.42. The molecule has 0 saturated carbocycles. The summed E-state index contributed by atoms with van der Waals surface area (Å²) in [6, 6.07) is 2.11. The van der Waals surface area contributed by atoms with Gasteiger partial charge in [0, 0.05) is 11.7 Å². The van der Waals surface area contributed by atoms with Gasteiger partial charge in [-0.1, -0.05) is 13.3 Å². The zero-order chi connectivity index (χ0) is 11.4. The fourth-order valence-electron chi connectivity index (χ4n) is 2.63. The van der Waals surface area contributed by atoms with Gasteiger partial charge in [0.15, 0.2) is 0 Å². The van der Waals surface area contributed by atoms with Crippen molar-refractivity contribution >= 4 is 0 Å². The van der Waals surface area contributed by atoms with E-state index in [1.54, 1.807) is 13.3 Å². The second-order valence-electron chi connectivity index (χ2n) is 4.48. The van der Waals surface area contributed by atoms with Gasteiger partial charge in [-0.25, -0.2) is 0 Å². The van der Waals surface area contributed by atoms with Crippen LogP contribution in [0.2, 0.25) is 0 Å². The zero-order valence-corrected chi connectivity index (χ0v) is 10.1. The second kappa shape index (κ2) is 4.83. The molecule has 0 bridgehead atoms. The Morgan fingerprint density at radius 3 is 3.00 bits per heavy atom. The van der Waals surface area contributed by atoms with Crippen LogP contribution in [0.15, 0.2) is 18.5 Å². The minimum absolute atomic E-state index is 0.135. The summed E-state index contributed by atoms with van der Waals surface area (Å²) in [4.78, 5) is 4.26. The van der Waals surface area contributed by atoms with Crippen molar-refractivity contribution in [3.63, 3.8) is 0 Å². The summed E-state index contributed by atoms with van der Waals surface area (Å²) >= 11 is 0. The maximum absolute atomic E-state index is 5.25. The van der Waals surface area contributed by atoms with E-state index in [0.717, 1.165) is 12.3 Å². The van der Waals surface area contributed by atoms with Gasteiger partial charge in [-0.3, -0.25) is 4.98 Å². The summed E-state index contributed by atoms with van der Waals surface area (Å²) in [5.41, 5.74) is 1.40. The molecule has 0 aromatic carbocycles. The maximum Gasteiger partial charge on any atom is 0.137 e. The standard InChI is InChI=1S/C13H20N2O/c1-3-5-13(6-4-7-15-13)11-8-12(16-2)10-14-9-11/h8-10,15H,3-7H2,1-2H3. The average Bonchev–Trinajstić information content (AvgIpc) is 2.80. The lowest BCUT2D eigenvalue weighted by molar-refractivity contribution is 0.350. The van der Waals surface area contributed by atoms with E-state index in [9.17, 15) is 0 Å². The maximum atomic E-state index is 5.25. The highest BCUT2D eigenvalue weighted by atomic mass is 16.5. The van der Waals surface area contributed by atoms with E-state index >= 15 is 0 Å². The number of hydrogen-bond donors (Lipinski definition) is 1. The first kappa shape index (κ1) is 11.4. The molecule has 1 aromatic rings. The number of pyridine rings is 1. The highest BCUT2D eigenvalue weighted by Crippen LogP contribution is 2.35. The smallest absolute Gasteiger partial charge is 0.137 e. The second-order valence-corrected chi connectivity index (χ2v) is 4.48. The van der Waals surface area contributed by atoms with Gasteiger partial charge in [0.1, 0.15) is 5.75 Å². The van der Waals surface area contributed by atoms with Gasteiger partial charge in [-0.15, -0.1) is 0 Å². The number of nitrogens with zero attached hydrogens (tertiary/aromatic N) is 1. The summed E-state index contributed by atoms with van der Waals surface area (Å²) in [6.07, 6.45) is 8.54. The lowest BCUT2D eigenvalue weighted by atomic mass is 9.85. The molecule has 88 valence electrons. The zero-order valence-electron chi connectivity index (χ0n) is 10.1. The summed E-state index contributed by atoms with van der Waals surface area (Å²) in [6.45, 7) is 3.34. The van der Waals surface area contributed by atoms with Gasteiger partial charge in [0.2, 0.25) is 0 Å². The number of rotatable bonds is 4. The van der Waals surface area contributed by atoms with E-state index in [2.05, 4.69) is 23.3 Å².